The first kappa shape index (κ1) is 26.4. The Bertz CT molecular complexity index is 665. The number of carboxylic acid groups (broad SMARTS) is 1. The van der Waals surface area contributed by atoms with Crippen LogP contribution in [0.4, 0.5) is 5.69 Å². The number of hydrogen-bond acceptors (Lipinski definition) is 5. The van der Waals surface area contributed by atoms with Gasteiger partial charge in [-0.3, -0.25) is 4.79 Å². The zero-order chi connectivity index (χ0) is 21.7. The Morgan fingerprint density at radius 3 is 2.32 bits per heavy atom. The topological polar surface area (TPSA) is 133 Å². The van der Waals surface area contributed by atoms with Crippen LogP contribution < -0.4 is 9.67 Å². The van der Waals surface area contributed by atoms with Crippen LogP contribution in [0.15, 0.2) is 24.3 Å². The predicted molar refractivity (Wildman–Crippen MR) is 107 cm³/mol. The summed E-state index contributed by atoms with van der Waals surface area (Å²) in [7, 11) is 0. The molecular formula is C19H32AsNO7. The zero-order valence-corrected chi connectivity index (χ0v) is 18.8. The number of rotatable bonds is 10. The van der Waals surface area contributed by atoms with Crippen LogP contribution in [-0.4, -0.2) is 40.5 Å². The van der Waals surface area contributed by atoms with Crippen LogP contribution in [0.3, 0.4) is 0 Å². The fraction of sp³-hybridized carbons (Fsp3) is 0.579. The summed E-state index contributed by atoms with van der Waals surface area (Å²) in [6, 6.07) is 5.64. The van der Waals surface area contributed by atoms with E-state index in [1.807, 2.05) is 0 Å². The molecule has 0 saturated carbocycles. The van der Waals surface area contributed by atoms with E-state index in [1.165, 1.54) is 44.4 Å². The summed E-state index contributed by atoms with van der Waals surface area (Å²) in [5.74, 6) is 0.244. The molecule has 8 nitrogen and oxygen atoms in total. The Balaban J connectivity index is 0.000000528. The van der Waals surface area contributed by atoms with Crippen LogP contribution in [-0.2, 0) is 17.2 Å². The van der Waals surface area contributed by atoms with Gasteiger partial charge in [-0.2, -0.15) is 0 Å². The van der Waals surface area contributed by atoms with Gasteiger partial charge in [0, 0.05) is 6.42 Å². The molecule has 0 radical (unpaired) electrons. The molecule has 0 heterocycles. The minimum Gasteiger partial charge on any atom is -0.481 e. The number of carboxylic acids is 1. The van der Waals surface area contributed by atoms with Crippen molar-refractivity contribution in [2.24, 2.45) is 11.8 Å². The van der Waals surface area contributed by atoms with Gasteiger partial charge in [0.1, 0.15) is 0 Å². The van der Waals surface area contributed by atoms with Gasteiger partial charge in [-0.25, -0.2) is 0 Å². The molecular weight excluding hydrogens is 429 g/mol. The van der Waals surface area contributed by atoms with Crippen LogP contribution in [0.5, 0.6) is 0 Å². The largest absolute Gasteiger partial charge is 0.481 e. The van der Waals surface area contributed by atoms with E-state index >= 15 is 0 Å². The van der Waals surface area contributed by atoms with E-state index in [0.29, 0.717) is 23.9 Å². The average Bonchev–Trinajstić information content (AvgIpc) is 2.64. The van der Waals surface area contributed by atoms with Crippen molar-refractivity contribution in [3.8, 4) is 0 Å². The molecule has 1 aromatic rings. The van der Waals surface area contributed by atoms with Crippen LogP contribution in [0, 0.1) is 11.8 Å². The van der Waals surface area contributed by atoms with Crippen LogP contribution >= 0.6 is 0 Å². The maximum atomic E-state index is 11.3. The summed E-state index contributed by atoms with van der Waals surface area (Å²) >= 11 is -4.83. The quantitative estimate of drug-likeness (QED) is 0.239. The van der Waals surface area contributed by atoms with E-state index in [1.54, 1.807) is 6.07 Å². The van der Waals surface area contributed by atoms with Gasteiger partial charge in [0.15, 0.2) is 0 Å². The first-order valence-corrected chi connectivity index (χ1v) is 12.6. The van der Waals surface area contributed by atoms with Gasteiger partial charge >= 0.3 is 94.4 Å². The molecule has 160 valence electrons. The maximum Gasteiger partial charge on any atom is 0.303 e. The van der Waals surface area contributed by atoms with Gasteiger partial charge in [0.25, 0.3) is 0 Å². The number of carbonyl (C=O) groups excluding carboxylic acids is 1. The summed E-state index contributed by atoms with van der Waals surface area (Å²) in [5.41, 5.74) is 0.368. The smallest absolute Gasteiger partial charge is 0.303 e. The molecule has 28 heavy (non-hydrogen) atoms. The van der Waals surface area contributed by atoms with Crippen molar-refractivity contribution in [1.29, 1.82) is 0 Å². The summed E-state index contributed by atoms with van der Waals surface area (Å²) in [4.78, 5) is 21.1. The molecule has 4 N–H and O–H groups in total. The summed E-state index contributed by atoms with van der Waals surface area (Å²) in [5, 5.41) is 19.2. The zero-order valence-electron chi connectivity index (χ0n) is 16.9. The predicted octanol–water partition coefficient (Wildman–Crippen LogP) is 3.02. The van der Waals surface area contributed by atoms with Crippen molar-refractivity contribution in [3.63, 3.8) is 0 Å². The molecule has 0 spiro atoms. The number of amides is 1. The van der Waals surface area contributed by atoms with Gasteiger partial charge in [0.05, 0.1) is 0 Å². The summed E-state index contributed by atoms with van der Waals surface area (Å²) in [6.07, 6.45) is 4.86. The second kappa shape index (κ2) is 13.6. The SMILES string of the molecule is CC(=O)Nc1cccc([As](=O)(O)OO)c1.CCCCC(C)C(C)CCC(=O)O. The molecule has 0 aromatic heterocycles. The molecule has 0 bridgehead atoms. The van der Waals surface area contributed by atoms with Crippen molar-refractivity contribution in [3.05, 3.63) is 24.3 Å². The minimum absolute atomic E-state index is 0.0399. The molecule has 0 aliphatic heterocycles. The molecule has 3 atom stereocenters. The normalized spacial score (nSPS) is 14.8. The van der Waals surface area contributed by atoms with Gasteiger partial charge in [-0.15, -0.1) is 0 Å². The molecule has 0 fully saturated rings. The van der Waals surface area contributed by atoms with Gasteiger partial charge in [-0.05, 0) is 18.3 Å². The van der Waals surface area contributed by atoms with E-state index in [4.69, 9.17) is 10.4 Å². The Morgan fingerprint density at radius 2 is 1.82 bits per heavy atom. The van der Waals surface area contributed by atoms with Crippen molar-refractivity contribution in [1.82, 2.24) is 0 Å². The maximum absolute atomic E-state index is 11.3. The van der Waals surface area contributed by atoms with E-state index < -0.39 is 20.1 Å². The molecule has 1 aromatic carbocycles. The van der Waals surface area contributed by atoms with E-state index in [0.717, 1.165) is 6.42 Å². The molecule has 1 rings (SSSR count). The Morgan fingerprint density at radius 1 is 1.21 bits per heavy atom. The van der Waals surface area contributed by atoms with Crippen LogP contribution in [0.1, 0.15) is 59.8 Å². The summed E-state index contributed by atoms with van der Waals surface area (Å²) in [6.45, 7) is 7.89. The molecule has 0 aliphatic rings. The van der Waals surface area contributed by atoms with Crippen molar-refractivity contribution < 1.29 is 31.7 Å². The first-order chi connectivity index (χ1) is 13.0. The summed E-state index contributed by atoms with van der Waals surface area (Å²) < 4.78 is 23.9. The van der Waals surface area contributed by atoms with Crippen molar-refractivity contribution >= 4 is 36.1 Å². The number of hydrogen-bond donors (Lipinski definition) is 4. The van der Waals surface area contributed by atoms with E-state index in [9.17, 15) is 17.4 Å². The molecule has 9 heteroatoms. The van der Waals surface area contributed by atoms with Gasteiger partial charge < -0.3 is 5.11 Å². The van der Waals surface area contributed by atoms with Crippen molar-refractivity contribution in [2.75, 3.05) is 5.32 Å². The second-order valence-electron chi connectivity index (χ2n) is 6.86. The third-order valence-electron chi connectivity index (χ3n) is 4.40. The third-order valence-corrected chi connectivity index (χ3v) is 6.82. The van der Waals surface area contributed by atoms with Crippen LogP contribution in [0.25, 0.3) is 0 Å². The number of anilines is 1. The van der Waals surface area contributed by atoms with E-state index in [2.05, 4.69) is 30.0 Å². The minimum atomic E-state index is -4.83. The number of benzene rings is 1. The molecule has 3 unspecified atom stereocenters. The Labute approximate surface area is 169 Å². The fourth-order valence-electron chi connectivity index (χ4n) is 2.46. The number of nitrogens with one attached hydrogen (secondary N) is 1. The monoisotopic (exact) mass is 461 g/mol. The van der Waals surface area contributed by atoms with Crippen molar-refractivity contribution in [2.45, 2.75) is 59.8 Å². The van der Waals surface area contributed by atoms with Gasteiger partial charge in [0.2, 0.25) is 0 Å². The number of unbranched alkanes of at least 4 members (excludes halogenated alkanes) is 1. The molecule has 1 amide bonds. The average molecular weight is 461 g/mol. The first-order valence-electron chi connectivity index (χ1n) is 9.29. The van der Waals surface area contributed by atoms with Gasteiger partial charge in [-0.1, -0.05) is 40.0 Å². The van der Waals surface area contributed by atoms with E-state index in [-0.39, 0.29) is 10.3 Å². The Hall–Kier alpha value is -1.60. The number of carbonyl (C=O) groups is 2. The standard InChI is InChI=1S/C11H22O2.C8H10AsNO5/c1-4-5-6-9(2)10(3)7-8-11(12)13;1-6(11)10-8-4-2-3-7(5-8)9(12,13)15-14/h9-10H,4-8H2,1-3H3,(H,12,13);2-5,14H,1H3,(H,10,11)(H,12,13). The molecule has 0 aliphatic carbocycles. The van der Waals surface area contributed by atoms with Crippen LogP contribution in [0.2, 0.25) is 0 Å². The third kappa shape index (κ3) is 11.3. The second-order valence-corrected chi connectivity index (χ2v) is 10.5. The fourth-order valence-corrected chi connectivity index (χ4v) is 3.86. The Kier molecular flexibility index (Phi) is 12.8. The number of aliphatic carboxylic acids is 1. The molecule has 0 saturated heterocycles.